The molecule has 0 amide bonds. The van der Waals surface area contributed by atoms with Crippen LogP contribution >= 0.6 is 0 Å². The van der Waals surface area contributed by atoms with Crippen molar-refractivity contribution in [1.82, 2.24) is 19.5 Å². The maximum Gasteiger partial charge on any atom is 0.240 e. The van der Waals surface area contributed by atoms with Crippen molar-refractivity contribution < 1.29 is 0 Å². The van der Waals surface area contributed by atoms with Gasteiger partial charge in [-0.05, 0) is 45.3 Å². The molecule has 0 saturated heterocycles. The van der Waals surface area contributed by atoms with Crippen molar-refractivity contribution in [1.29, 1.82) is 0 Å². The molecule has 0 fully saturated rings. The van der Waals surface area contributed by atoms with Crippen molar-refractivity contribution in [3.8, 4) is 28.5 Å². The van der Waals surface area contributed by atoms with Crippen LogP contribution < -0.4 is 4.90 Å². The Hall–Kier alpha value is -6.85. The molecule has 0 radical (unpaired) electrons. The zero-order chi connectivity index (χ0) is 32.8. The van der Waals surface area contributed by atoms with Gasteiger partial charge in [0, 0.05) is 32.7 Å². The maximum atomic E-state index is 5.44. The van der Waals surface area contributed by atoms with Crippen molar-refractivity contribution in [3.05, 3.63) is 164 Å². The van der Waals surface area contributed by atoms with E-state index in [1.54, 1.807) is 0 Å². The number of hydrogen-bond donors (Lipinski definition) is 0. The summed E-state index contributed by atoms with van der Waals surface area (Å²) in [7, 11) is 0. The fourth-order valence-electron chi connectivity index (χ4n) is 8.01. The predicted molar refractivity (Wildman–Crippen MR) is 206 cm³/mol. The van der Waals surface area contributed by atoms with Crippen molar-refractivity contribution in [3.63, 3.8) is 0 Å². The molecule has 0 unspecified atom stereocenters. The molecule has 0 aliphatic carbocycles. The minimum absolute atomic E-state index is 0.569. The lowest BCUT2D eigenvalue weighted by atomic mass is 9.89. The lowest BCUT2D eigenvalue weighted by molar-refractivity contribution is 0.935. The van der Waals surface area contributed by atoms with Gasteiger partial charge in [0.25, 0.3) is 0 Å². The van der Waals surface area contributed by atoms with E-state index in [0.29, 0.717) is 17.7 Å². The quantitative estimate of drug-likeness (QED) is 0.193. The van der Waals surface area contributed by atoms with Crippen molar-refractivity contribution in [2.75, 3.05) is 4.90 Å². The summed E-state index contributed by atoms with van der Waals surface area (Å²) in [6.07, 6.45) is 0. The third kappa shape index (κ3) is 3.80. The molecule has 0 N–H and O–H groups in total. The standard InChI is InChI=1S/C45H27N5/c1-3-17-31-28(12-1)14-9-22-37(31)43-46-44(49-38-23-7-5-19-33(38)34-20-6-8-24-39(34)49)48-45(47-43)50-40-25-11-16-30-15-10-21-35(41(30)40)36-27-26-29-13-2-4-18-32(29)42(36)50/h1-27H. The highest BCUT2D eigenvalue weighted by molar-refractivity contribution is 6.18. The largest absolute Gasteiger partial charge is 0.278 e. The van der Waals surface area contributed by atoms with Gasteiger partial charge in [0.1, 0.15) is 0 Å². The molecule has 0 saturated carbocycles. The average Bonchev–Trinajstić information content (AvgIpc) is 3.52. The third-order valence-electron chi connectivity index (χ3n) is 10.2. The summed E-state index contributed by atoms with van der Waals surface area (Å²) < 4.78 is 2.19. The summed E-state index contributed by atoms with van der Waals surface area (Å²) in [5, 5.41) is 9.21. The van der Waals surface area contributed by atoms with Gasteiger partial charge in [-0.1, -0.05) is 146 Å². The molecule has 11 rings (SSSR count). The van der Waals surface area contributed by atoms with Crippen LogP contribution in [-0.4, -0.2) is 19.5 Å². The minimum atomic E-state index is 0.569. The van der Waals surface area contributed by atoms with E-state index in [2.05, 4.69) is 173 Å². The van der Waals surface area contributed by atoms with E-state index < -0.39 is 0 Å². The Morgan fingerprint density at radius 1 is 0.360 bits per heavy atom. The first-order valence-electron chi connectivity index (χ1n) is 16.9. The van der Waals surface area contributed by atoms with E-state index in [-0.39, 0.29) is 0 Å². The second-order valence-electron chi connectivity index (χ2n) is 12.9. The molecular weight excluding hydrogens is 611 g/mol. The normalized spacial score (nSPS) is 12.4. The first-order chi connectivity index (χ1) is 24.8. The number of hydrogen-bond acceptors (Lipinski definition) is 4. The molecule has 232 valence electrons. The lowest BCUT2D eigenvalue weighted by Gasteiger charge is -2.33. The summed E-state index contributed by atoms with van der Waals surface area (Å²) in [5.41, 5.74) is 7.53. The van der Waals surface area contributed by atoms with E-state index in [0.717, 1.165) is 65.9 Å². The predicted octanol–water partition coefficient (Wildman–Crippen LogP) is 11.5. The van der Waals surface area contributed by atoms with Crippen molar-refractivity contribution >= 4 is 71.4 Å². The average molecular weight is 638 g/mol. The van der Waals surface area contributed by atoms with Crippen molar-refractivity contribution in [2.45, 2.75) is 0 Å². The van der Waals surface area contributed by atoms with Crippen LogP contribution in [0.2, 0.25) is 0 Å². The molecule has 0 bridgehead atoms. The minimum Gasteiger partial charge on any atom is -0.278 e. The number of rotatable bonds is 3. The molecule has 1 aliphatic rings. The Morgan fingerprint density at radius 2 is 0.920 bits per heavy atom. The topological polar surface area (TPSA) is 46.8 Å². The number of benzene rings is 8. The monoisotopic (exact) mass is 637 g/mol. The summed E-state index contributed by atoms with van der Waals surface area (Å²) in [5.74, 6) is 1.76. The Morgan fingerprint density at radius 3 is 1.68 bits per heavy atom. The van der Waals surface area contributed by atoms with Gasteiger partial charge in [-0.25, -0.2) is 0 Å². The molecule has 0 atom stereocenters. The van der Waals surface area contributed by atoms with Crippen molar-refractivity contribution in [2.24, 2.45) is 0 Å². The highest BCUT2D eigenvalue weighted by Crippen LogP contribution is 2.52. The maximum absolute atomic E-state index is 5.44. The number of aromatic nitrogens is 4. The molecule has 0 spiro atoms. The van der Waals surface area contributed by atoms with Crippen LogP contribution in [0.1, 0.15) is 0 Å². The molecule has 8 aromatic carbocycles. The van der Waals surface area contributed by atoms with Gasteiger partial charge in [-0.3, -0.25) is 9.47 Å². The molecule has 50 heavy (non-hydrogen) atoms. The third-order valence-corrected chi connectivity index (χ3v) is 10.2. The Kier molecular flexibility index (Phi) is 5.60. The second kappa shape index (κ2) is 10.3. The number of para-hydroxylation sites is 2. The number of anilines is 3. The molecule has 1 aliphatic heterocycles. The molecule has 3 heterocycles. The fourth-order valence-corrected chi connectivity index (χ4v) is 8.01. The van der Waals surface area contributed by atoms with Gasteiger partial charge in [-0.2, -0.15) is 15.0 Å². The summed E-state index contributed by atoms with van der Waals surface area (Å²) >= 11 is 0. The lowest BCUT2D eigenvalue weighted by Crippen LogP contribution is -2.20. The number of nitrogens with zero attached hydrogens (tertiary/aromatic N) is 5. The van der Waals surface area contributed by atoms with Crippen LogP contribution in [0.4, 0.5) is 17.3 Å². The van der Waals surface area contributed by atoms with Gasteiger partial charge < -0.3 is 0 Å². The highest BCUT2D eigenvalue weighted by atomic mass is 15.3. The zero-order valence-electron chi connectivity index (χ0n) is 26.8. The van der Waals surface area contributed by atoms with Gasteiger partial charge >= 0.3 is 0 Å². The molecule has 10 aromatic rings. The zero-order valence-corrected chi connectivity index (χ0v) is 26.8. The van der Waals surface area contributed by atoms with Crippen LogP contribution in [0.3, 0.4) is 0 Å². The Bertz CT molecular complexity index is 2950. The van der Waals surface area contributed by atoms with Crippen LogP contribution in [-0.2, 0) is 0 Å². The van der Waals surface area contributed by atoms with Crippen LogP contribution in [0.25, 0.3) is 82.6 Å². The van der Waals surface area contributed by atoms with E-state index in [1.807, 2.05) is 0 Å². The van der Waals surface area contributed by atoms with Crippen LogP contribution in [0.5, 0.6) is 0 Å². The fraction of sp³-hybridized carbons (Fsp3) is 0. The van der Waals surface area contributed by atoms with E-state index in [9.17, 15) is 0 Å². The summed E-state index contributed by atoms with van der Waals surface area (Å²) in [4.78, 5) is 18.4. The summed E-state index contributed by atoms with van der Waals surface area (Å²) in [6, 6.07) is 57.9. The molecule has 5 heteroatoms. The van der Waals surface area contributed by atoms with E-state index >= 15 is 0 Å². The first kappa shape index (κ1) is 27.1. The smallest absolute Gasteiger partial charge is 0.240 e. The Labute approximate surface area is 287 Å². The molecular formula is C45H27N5. The van der Waals surface area contributed by atoms with E-state index in [1.165, 1.54) is 16.3 Å². The molecule has 5 nitrogen and oxygen atoms in total. The second-order valence-corrected chi connectivity index (χ2v) is 12.9. The SMILES string of the molecule is c1ccc2c(-c3nc(N4c5c(ccc6ccccc56)-c5cccc6cccc4c56)nc(-n4c5ccccc5c5ccccc54)n3)cccc2c1. The van der Waals surface area contributed by atoms with Gasteiger partial charge in [0.05, 0.1) is 22.4 Å². The molecule has 2 aromatic heterocycles. The van der Waals surface area contributed by atoms with E-state index in [4.69, 9.17) is 15.0 Å². The van der Waals surface area contributed by atoms with Gasteiger partial charge in [0.2, 0.25) is 11.9 Å². The van der Waals surface area contributed by atoms with Gasteiger partial charge in [-0.15, -0.1) is 0 Å². The number of fused-ring (bicyclic) bond motifs is 8. The summed E-state index contributed by atoms with van der Waals surface area (Å²) in [6.45, 7) is 0. The van der Waals surface area contributed by atoms with Gasteiger partial charge in [0.15, 0.2) is 5.82 Å². The first-order valence-corrected chi connectivity index (χ1v) is 16.9. The Balaban J connectivity index is 1.30. The van der Waals surface area contributed by atoms with Crippen LogP contribution in [0.15, 0.2) is 164 Å². The van der Waals surface area contributed by atoms with Crippen LogP contribution in [0, 0.1) is 0 Å². The highest BCUT2D eigenvalue weighted by Gasteiger charge is 2.30.